The zero-order valence-electron chi connectivity index (χ0n) is 16.1. The molecule has 3 aliphatic rings. The number of fused-ring (bicyclic) bond motifs is 3. The number of hydrogen-bond acceptors (Lipinski definition) is 6. The number of rotatable bonds is 3. The minimum absolute atomic E-state index is 0.0514. The van der Waals surface area contributed by atoms with Crippen molar-refractivity contribution in [1.29, 1.82) is 0 Å². The molecule has 0 unspecified atom stereocenters. The summed E-state index contributed by atoms with van der Waals surface area (Å²) in [6.07, 6.45) is -2.57. The number of nitrogens with one attached hydrogen (secondary N) is 1. The number of alkyl halides is 3. The Morgan fingerprint density at radius 1 is 1.30 bits per heavy atom. The summed E-state index contributed by atoms with van der Waals surface area (Å²) in [6, 6.07) is 4.37. The third-order valence-corrected chi connectivity index (χ3v) is 5.48. The van der Waals surface area contributed by atoms with Crippen LogP contribution in [-0.2, 0) is 22.3 Å². The van der Waals surface area contributed by atoms with Crippen molar-refractivity contribution in [3.8, 4) is 0 Å². The van der Waals surface area contributed by atoms with Gasteiger partial charge in [0.15, 0.2) is 5.70 Å². The molecule has 3 N–H and O–H groups in total. The van der Waals surface area contributed by atoms with Crippen LogP contribution in [-0.4, -0.2) is 46.9 Å². The van der Waals surface area contributed by atoms with E-state index in [9.17, 15) is 22.8 Å². The topological polar surface area (TPSA) is 100 Å². The zero-order chi connectivity index (χ0) is 21.6. The first kappa shape index (κ1) is 20.0. The number of carbonyl (C=O) groups is 2. The largest absolute Gasteiger partial charge is 0.444 e. The van der Waals surface area contributed by atoms with Crippen LogP contribution in [0.4, 0.5) is 18.0 Å². The molecule has 0 saturated heterocycles. The molecule has 0 radical (unpaired) electrons. The normalized spacial score (nSPS) is 23.3. The summed E-state index contributed by atoms with van der Waals surface area (Å²) in [5.74, 6) is 0.0579. The Hall–Kier alpha value is -3.24. The molecular formula is C19H20F3N5O3. The lowest BCUT2D eigenvalue weighted by Gasteiger charge is -2.36. The molecule has 160 valence electrons. The van der Waals surface area contributed by atoms with Gasteiger partial charge in [-0.3, -0.25) is 19.9 Å². The molecule has 1 aromatic rings. The van der Waals surface area contributed by atoms with Gasteiger partial charge in [0.2, 0.25) is 5.96 Å². The Bertz CT molecular complexity index is 942. The first-order valence-corrected chi connectivity index (χ1v) is 9.41. The summed E-state index contributed by atoms with van der Waals surface area (Å²) in [4.78, 5) is 32.5. The number of ether oxygens (including phenoxy) is 1. The van der Waals surface area contributed by atoms with E-state index in [2.05, 4.69) is 10.3 Å². The third kappa shape index (κ3) is 3.44. The van der Waals surface area contributed by atoms with Gasteiger partial charge in [-0.2, -0.15) is 13.2 Å². The number of guanidine groups is 1. The average molecular weight is 423 g/mol. The van der Waals surface area contributed by atoms with E-state index in [-0.39, 0.29) is 30.2 Å². The van der Waals surface area contributed by atoms with Crippen LogP contribution in [0.2, 0.25) is 0 Å². The highest BCUT2D eigenvalue weighted by atomic mass is 19.4. The first-order chi connectivity index (χ1) is 14.2. The molecule has 1 aromatic carbocycles. The number of benzene rings is 1. The molecular weight excluding hydrogens is 403 g/mol. The van der Waals surface area contributed by atoms with Crippen molar-refractivity contribution in [2.75, 3.05) is 7.05 Å². The minimum atomic E-state index is -4.44. The fourth-order valence-corrected chi connectivity index (χ4v) is 3.95. The maximum absolute atomic E-state index is 12.6. The van der Waals surface area contributed by atoms with E-state index < -0.39 is 23.7 Å². The number of alkyl carbamates (subject to hydrolysis) is 1. The molecule has 0 bridgehead atoms. The number of nitrogens with zero attached hydrogens (tertiary/aromatic N) is 3. The Kier molecular flexibility index (Phi) is 4.83. The lowest BCUT2D eigenvalue weighted by atomic mass is 10.1. The minimum Gasteiger partial charge on any atom is -0.444 e. The second-order valence-corrected chi connectivity index (χ2v) is 7.38. The third-order valence-electron chi connectivity index (χ3n) is 5.48. The van der Waals surface area contributed by atoms with Crippen molar-refractivity contribution < 1.29 is 27.5 Å². The fraction of sp³-hybridized carbons (Fsp3) is 0.421. The second-order valence-electron chi connectivity index (χ2n) is 7.38. The van der Waals surface area contributed by atoms with Gasteiger partial charge in [0.25, 0.3) is 5.91 Å². The molecule has 1 aliphatic carbocycles. The Labute approximate surface area is 170 Å². The lowest BCUT2D eigenvalue weighted by molar-refractivity contribution is -0.137. The number of hydrogen-bond donors (Lipinski definition) is 2. The quantitative estimate of drug-likeness (QED) is 0.776. The molecule has 2 amide bonds. The monoisotopic (exact) mass is 423 g/mol. The number of carbonyl (C=O) groups excluding carboxylic acids is 2. The van der Waals surface area contributed by atoms with Crippen molar-refractivity contribution in [2.24, 2.45) is 10.7 Å². The van der Waals surface area contributed by atoms with Gasteiger partial charge in [0.1, 0.15) is 12.4 Å². The molecule has 0 aromatic heterocycles. The highest BCUT2D eigenvalue weighted by Gasteiger charge is 2.47. The van der Waals surface area contributed by atoms with Gasteiger partial charge in [-0.25, -0.2) is 9.79 Å². The van der Waals surface area contributed by atoms with Crippen LogP contribution in [0.15, 0.2) is 40.8 Å². The van der Waals surface area contributed by atoms with E-state index >= 15 is 0 Å². The van der Waals surface area contributed by atoms with Gasteiger partial charge < -0.3 is 10.5 Å². The van der Waals surface area contributed by atoms with Crippen LogP contribution >= 0.6 is 0 Å². The van der Waals surface area contributed by atoms with Crippen LogP contribution in [0.5, 0.6) is 0 Å². The van der Waals surface area contributed by atoms with Gasteiger partial charge in [-0.1, -0.05) is 12.1 Å². The Morgan fingerprint density at radius 3 is 2.67 bits per heavy atom. The number of aliphatic imine (C=N–C) groups is 1. The van der Waals surface area contributed by atoms with Crippen molar-refractivity contribution in [3.63, 3.8) is 0 Å². The fourth-order valence-electron chi connectivity index (χ4n) is 3.95. The van der Waals surface area contributed by atoms with E-state index in [1.54, 1.807) is 11.9 Å². The molecule has 8 nitrogen and oxygen atoms in total. The van der Waals surface area contributed by atoms with E-state index in [1.165, 1.54) is 17.0 Å². The molecule has 30 heavy (non-hydrogen) atoms. The second kappa shape index (κ2) is 7.22. The van der Waals surface area contributed by atoms with Crippen LogP contribution < -0.4 is 11.1 Å². The van der Waals surface area contributed by atoms with Gasteiger partial charge in [-0.05, 0) is 37.0 Å². The SMILES string of the molecule is CN1C(=O)C(NC(=O)OCc2ccc(C(F)(F)F)cc2)=C(N)N2C1=N[C@@H]1CCC[C@@H]12. The molecule has 11 heteroatoms. The lowest BCUT2D eigenvalue weighted by Crippen LogP contribution is -2.55. The molecule has 2 aliphatic heterocycles. The van der Waals surface area contributed by atoms with Gasteiger partial charge in [0.05, 0.1) is 17.6 Å². The van der Waals surface area contributed by atoms with Gasteiger partial charge >= 0.3 is 12.3 Å². The number of amides is 2. The molecule has 2 heterocycles. The Morgan fingerprint density at radius 2 is 2.00 bits per heavy atom. The standard InChI is InChI=1S/C19H20F3N5O3/c1-26-16(28)14(15(23)27-13-4-2-3-12(13)24-17(26)27)25-18(29)30-9-10-5-7-11(8-6-10)19(20,21)22/h5-8,12-13H,2-4,9,23H2,1H3,(H,25,29)/t12-,13+/m1/s1. The molecule has 4 rings (SSSR count). The van der Waals surface area contributed by atoms with Crippen LogP contribution in [0.25, 0.3) is 0 Å². The molecule has 1 fully saturated rings. The maximum Gasteiger partial charge on any atom is 0.416 e. The van der Waals surface area contributed by atoms with Crippen LogP contribution in [0.1, 0.15) is 30.4 Å². The predicted octanol–water partition coefficient (Wildman–Crippen LogP) is 2.12. The molecule has 1 saturated carbocycles. The summed E-state index contributed by atoms with van der Waals surface area (Å²) in [7, 11) is 1.55. The van der Waals surface area contributed by atoms with Gasteiger partial charge in [-0.15, -0.1) is 0 Å². The van der Waals surface area contributed by atoms with Crippen molar-refractivity contribution in [3.05, 3.63) is 46.9 Å². The van der Waals surface area contributed by atoms with E-state index in [0.29, 0.717) is 11.5 Å². The number of halogens is 3. The summed E-state index contributed by atoms with van der Waals surface area (Å²) in [5.41, 5.74) is 5.65. The maximum atomic E-state index is 12.6. The first-order valence-electron chi connectivity index (χ1n) is 9.41. The number of likely N-dealkylation sites (N-methyl/N-ethyl adjacent to an activating group) is 1. The molecule has 0 spiro atoms. The highest BCUT2D eigenvalue weighted by Crippen LogP contribution is 2.36. The highest BCUT2D eigenvalue weighted by molar-refractivity contribution is 6.10. The summed E-state index contributed by atoms with van der Waals surface area (Å²) >= 11 is 0. The van der Waals surface area contributed by atoms with E-state index in [4.69, 9.17) is 10.5 Å². The number of nitrogens with two attached hydrogens (primary N) is 1. The van der Waals surface area contributed by atoms with E-state index in [1.807, 2.05) is 0 Å². The van der Waals surface area contributed by atoms with E-state index in [0.717, 1.165) is 31.4 Å². The Balaban J connectivity index is 1.43. The average Bonchev–Trinajstić information content (AvgIpc) is 3.29. The van der Waals surface area contributed by atoms with Crippen LogP contribution in [0, 0.1) is 0 Å². The summed E-state index contributed by atoms with van der Waals surface area (Å²) in [6.45, 7) is -0.262. The van der Waals surface area contributed by atoms with Crippen molar-refractivity contribution in [2.45, 2.75) is 44.1 Å². The summed E-state index contributed by atoms with van der Waals surface area (Å²) in [5, 5.41) is 2.37. The van der Waals surface area contributed by atoms with Crippen LogP contribution in [0.3, 0.4) is 0 Å². The smallest absolute Gasteiger partial charge is 0.416 e. The van der Waals surface area contributed by atoms with Crippen molar-refractivity contribution in [1.82, 2.24) is 15.1 Å². The zero-order valence-corrected chi connectivity index (χ0v) is 16.1. The van der Waals surface area contributed by atoms with Gasteiger partial charge in [0, 0.05) is 7.05 Å². The predicted molar refractivity (Wildman–Crippen MR) is 99.4 cm³/mol. The summed E-state index contributed by atoms with van der Waals surface area (Å²) < 4.78 is 42.9. The van der Waals surface area contributed by atoms with Crippen molar-refractivity contribution >= 4 is 18.0 Å². The molecule has 2 atom stereocenters.